The van der Waals surface area contributed by atoms with Gasteiger partial charge in [0.1, 0.15) is 12.4 Å². The van der Waals surface area contributed by atoms with Gasteiger partial charge in [-0.25, -0.2) is 0 Å². The molecule has 0 spiro atoms. The Morgan fingerprint density at radius 2 is 1.97 bits per heavy atom. The summed E-state index contributed by atoms with van der Waals surface area (Å²) in [6.07, 6.45) is -3.95. The Hall–Kier alpha value is -2.23. The van der Waals surface area contributed by atoms with Crippen molar-refractivity contribution in [1.29, 1.82) is 0 Å². The van der Waals surface area contributed by atoms with Gasteiger partial charge in [0.15, 0.2) is 5.71 Å². The third kappa shape index (κ3) is 7.15. The van der Waals surface area contributed by atoms with Crippen LogP contribution in [0.25, 0.3) is 0 Å². The lowest BCUT2D eigenvalue weighted by Crippen LogP contribution is -2.44. The average Bonchev–Trinajstić information content (AvgIpc) is 2.95. The summed E-state index contributed by atoms with van der Waals surface area (Å²) in [4.78, 5) is 21.0. The monoisotopic (exact) mass is 463 g/mol. The van der Waals surface area contributed by atoms with Crippen molar-refractivity contribution < 1.29 is 22.7 Å². The molecule has 1 fully saturated rings. The smallest absolute Gasteiger partial charge is 0.432 e. The number of nitrogens with zero attached hydrogens (tertiary/aromatic N) is 5. The zero-order valence-corrected chi connectivity index (χ0v) is 18.9. The van der Waals surface area contributed by atoms with Gasteiger partial charge < -0.3 is 14.5 Å². The number of anilines is 1. The Morgan fingerprint density at radius 3 is 2.55 bits per heavy atom. The Balaban J connectivity index is 2.08. The van der Waals surface area contributed by atoms with E-state index in [0.29, 0.717) is 38.5 Å². The summed E-state index contributed by atoms with van der Waals surface area (Å²) >= 11 is 5.69. The second-order valence-electron chi connectivity index (χ2n) is 7.55. The fraction of sp³-hybridized carbons (Fsp3) is 0.650. The topological polar surface area (TPSA) is 61.3 Å². The number of rotatable bonds is 7. The zero-order valence-electron chi connectivity index (χ0n) is 18.2. The molecule has 174 valence electrons. The minimum atomic E-state index is -4.66. The van der Waals surface area contributed by atoms with E-state index in [2.05, 4.69) is 15.0 Å². The number of pyridine rings is 1. The standard InChI is InChI=1S/C20H29ClF3N5O2/c1-14(2)29(26-19(15(3)21)20(22,23)24)13-18(30)28-10-6-9-27(11-12-28)16-7-5-8-17(25-16)31-4/h5,7-8,14-15H,6,9-13H2,1-4H3/b26-19+. The molecule has 2 rings (SSSR count). The molecule has 0 bridgehead atoms. The van der Waals surface area contributed by atoms with Gasteiger partial charge in [-0.1, -0.05) is 6.07 Å². The van der Waals surface area contributed by atoms with E-state index in [4.69, 9.17) is 16.3 Å². The summed E-state index contributed by atoms with van der Waals surface area (Å²) in [7, 11) is 1.55. The fourth-order valence-corrected chi connectivity index (χ4v) is 3.33. The number of alkyl halides is 4. The Morgan fingerprint density at radius 1 is 1.26 bits per heavy atom. The highest BCUT2D eigenvalue weighted by Gasteiger charge is 2.39. The summed E-state index contributed by atoms with van der Waals surface area (Å²) < 4.78 is 44.9. The predicted molar refractivity (Wildman–Crippen MR) is 115 cm³/mol. The molecule has 1 saturated heterocycles. The summed E-state index contributed by atoms with van der Waals surface area (Å²) in [6.45, 7) is 6.53. The first-order valence-electron chi connectivity index (χ1n) is 10.1. The molecule has 2 heterocycles. The van der Waals surface area contributed by atoms with E-state index in [0.717, 1.165) is 10.8 Å². The maximum Gasteiger partial charge on any atom is 0.432 e. The number of methoxy groups -OCH3 is 1. The second-order valence-corrected chi connectivity index (χ2v) is 8.20. The van der Waals surface area contributed by atoms with Crippen LogP contribution in [-0.4, -0.2) is 83.9 Å². The quantitative estimate of drug-likeness (QED) is 0.352. The molecule has 0 N–H and O–H groups in total. The van der Waals surface area contributed by atoms with Crippen molar-refractivity contribution in [2.45, 2.75) is 44.8 Å². The van der Waals surface area contributed by atoms with Crippen LogP contribution in [0.5, 0.6) is 5.88 Å². The van der Waals surface area contributed by atoms with E-state index < -0.39 is 23.3 Å². The van der Waals surface area contributed by atoms with Gasteiger partial charge in [0.05, 0.1) is 12.5 Å². The van der Waals surface area contributed by atoms with Crippen molar-refractivity contribution in [2.24, 2.45) is 5.10 Å². The highest BCUT2D eigenvalue weighted by atomic mass is 35.5. The highest BCUT2D eigenvalue weighted by molar-refractivity contribution is 6.32. The Kier molecular flexibility index (Phi) is 8.79. The number of hydrazone groups is 1. The molecule has 0 aliphatic carbocycles. The third-order valence-corrected chi connectivity index (χ3v) is 5.09. The number of aromatic nitrogens is 1. The number of hydrogen-bond donors (Lipinski definition) is 0. The Labute approximate surface area is 185 Å². The molecule has 0 radical (unpaired) electrons. The number of hydrogen-bond acceptors (Lipinski definition) is 6. The fourth-order valence-electron chi connectivity index (χ4n) is 3.16. The lowest BCUT2D eigenvalue weighted by molar-refractivity contribution is -0.132. The second kappa shape index (κ2) is 10.9. The van der Waals surface area contributed by atoms with E-state index in [1.165, 1.54) is 6.92 Å². The van der Waals surface area contributed by atoms with Crippen molar-refractivity contribution in [3.63, 3.8) is 0 Å². The molecule has 1 aromatic heterocycles. The average molecular weight is 464 g/mol. The molecule has 0 aromatic carbocycles. The van der Waals surface area contributed by atoms with Crippen LogP contribution in [0.4, 0.5) is 19.0 Å². The summed E-state index contributed by atoms with van der Waals surface area (Å²) in [6, 6.07) is 5.08. The van der Waals surface area contributed by atoms with Crippen LogP contribution in [0.2, 0.25) is 0 Å². The van der Waals surface area contributed by atoms with Crippen LogP contribution >= 0.6 is 11.6 Å². The molecule has 1 aliphatic rings. The number of ether oxygens (including phenoxy) is 1. The predicted octanol–water partition coefficient (Wildman–Crippen LogP) is 3.38. The Bertz CT molecular complexity index is 773. The molecule has 1 atom stereocenters. The van der Waals surface area contributed by atoms with Gasteiger partial charge in [-0.05, 0) is 33.3 Å². The van der Waals surface area contributed by atoms with E-state index in [1.54, 1.807) is 31.9 Å². The SMILES string of the molecule is COc1cccc(N2CCCN(C(=O)CN(/N=C(\C(C)Cl)C(F)(F)F)C(C)C)CC2)n1. The molecule has 1 amide bonds. The summed E-state index contributed by atoms with van der Waals surface area (Å²) in [5, 5.41) is 3.53. The third-order valence-electron chi connectivity index (χ3n) is 4.89. The van der Waals surface area contributed by atoms with E-state index in [-0.39, 0.29) is 12.5 Å². The van der Waals surface area contributed by atoms with Gasteiger partial charge in [-0.3, -0.25) is 9.80 Å². The molecule has 1 aliphatic heterocycles. The molecule has 31 heavy (non-hydrogen) atoms. The first-order chi connectivity index (χ1) is 14.5. The van der Waals surface area contributed by atoms with Crippen LogP contribution in [0.1, 0.15) is 27.2 Å². The minimum absolute atomic E-state index is 0.252. The molecule has 11 heteroatoms. The van der Waals surface area contributed by atoms with Crippen molar-refractivity contribution in [1.82, 2.24) is 14.9 Å². The minimum Gasteiger partial charge on any atom is -0.481 e. The lowest BCUT2D eigenvalue weighted by Gasteiger charge is -2.29. The molecular formula is C20H29ClF3N5O2. The van der Waals surface area contributed by atoms with Crippen molar-refractivity contribution >= 4 is 29.0 Å². The summed E-state index contributed by atoms with van der Waals surface area (Å²) in [5.74, 6) is 0.990. The van der Waals surface area contributed by atoms with Crippen molar-refractivity contribution in [2.75, 3.05) is 44.7 Å². The van der Waals surface area contributed by atoms with Gasteiger partial charge in [0.25, 0.3) is 0 Å². The molecule has 1 unspecified atom stereocenters. The number of carbonyl (C=O) groups is 1. The van der Waals surface area contributed by atoms with E-state index in [1.807, 2.05) is 12.1 Å². The van der Waals surface area contributed by atoms with Gasteiger partial charge in [0, 0.05) is 38.3 Å². The number of halogens is 4. The number of carbonyl (C=O) groups excluding carboxylic acids is 1. The largest absolute Gasteiger partial charge is 0.481 e. The molecule has 1 aromatic rings. The van der Waals surface area contributed by atoms with Gasteiger partial charge in [-0.2, -0.15) is 23.3 Å². The van der Waals surface area contributed by atoms with Crippen LogP contribution in [0.3, 0.4) is 0 Å². The van der Waals surface area contributed by atoms with Crippen LogP contribution in [-0.2, 0) is 4.79 Å². The van der Waals surface area contributed by atoms with Crippen LogP contribution in [0, 0.1) is 0 Å². The van der Waals surface area contributed by atoms with Crippen molar-refractivity contribution in [3.05, 3.63) is 18.2 Å². The first-order valence-corrected chi connectivity index (χ1v) is 10.6. The van der Waals surface area contributed by atoms with Gasteiger partial charge >= 0.3 is 6.18 Å². The van der Waals surface area contributed by atoms with E-state index >= 15 is 0 Å². The van der Waals surface area contributed by atoms with Gasteiger partial charge in [0.2, 0.25) is 11.8 Å². The number of amides is 1. The van der Waals surface area contributed by atoms with Gasteiger partial charge in [-0.15, -0.1) is 11.6 Å². The molecule has 7 nitrogen and oxygen atoms in total. The zero-order chi connectivity index (χ0) is 23.2. The van der Waals surface area contributed by atoms with Crippen LogP contribution < -0.4 is 9.64 Å². The maximum absolute atomic E-state index is 13.2. The van der Waals surface area contributed by atoms with Crippen molar-refractivity contribution in [3.8, 4) is 5.88 Å². The molecule has 0 saturated carbocycles. The lowest BCUT2D eigenvalue weighted by atomic mass is 10.3. The first kappa shape index (κ1) is 25.0. The summed E-state index contributed by atoms with van der Waals surface area (Å²) in [5.41, 5.74) is -1.11. The van der Waals surface area contributed by atoms with Crippen LogP contribution in [0.15, 0.2) is 23.3 Å². The molecular weight excluding hydrogens is 435 g/mol. The van der Waals surface area contributed by atoms with E-state index in [9.17, 15) is 18.0 Å². The maximum atomic E-state index is 13.2. The highest BCUT2D eigenvalue weighted by Crippen LogP contribution is 2.23. The normalized spacial score (nSPS) is 16.9.